The summed E-state index contributed by atoms with van der Waals surface area (Å²) < 4.78 is 31.1. The van der Waals surface area contributed by atoms with E-state index in [0.29, 0.717) is 17.2 Å². The van der Waals surface area contributed by atoms with Crippen molar-refractivity contribution in [2.75, 3.05) is 12.4 Å². The zero-order valence-corrected chi connectivity index (χ0v) is 19.4. The normalized spacial score (nSPS) is 10.5. The van der Waals surface area contributed by atoms with Gasteiger partial charge in [0.15, 0.2) is 23.9 Å². The molecule has 1 N–H and O–H groups in total. The predicted octanol–water partition coefficient (Wildman–Crippen LogP) is 5.67. The number of nitrogens with zero attached hydrogens (tertiary/aromatic N) is 3. The van der Waals surface area contributed by atoms with Crippen LogP contribution in [0, 0.1) is 15.9 Å². The number of rotatable bonds is 9. The molecule has 0 spiro atoms. The van der Waals surface area contributed by atoms with Gasteiger partial charge in [0.05, 0.1) is 28.8 Å². The first kappa shape index (κ1) is 24.5. The molecule has 0 unspecified atom stereocenters. The summed E-state index contributed by atoms with van der Waals surface area (Å²) in [5.41, 5.74) is -0.116. The lowest BCUT2D eigenvalue weighted by Gasteiger charge is -2.11. The second kappa shape index (κ2) is 10.7. The van der Waals surface area contributed by atoms with Crippen LogP contribution in [0.25, 0.3) is 0 Å². The molecule has 184 valence electrons. The second-order valence-corrected chi connectivity index (χ2v) is 7.68. The number of methoxy groups -OCH3 is 1. The van der Waals surface area contributed by atoms with Crippen molar-refractivity contribution in [2.24, 2.45) is 0 Å². The second-order valence-electron chi connectivity index (χ2n) is 7.27. The number of para-hydroxylation sites is 2. The molecular formula is C24H18ClFN4O6. The van der Waals surface area contributed by atoms with Crippen molar-refractivity contribution in [3.63, 3.8) is 0 Å². The summed E-state index contributed by atoms with van der Waals surface area (Å²) >= 11 is 5.73. The standard InChI is InChI=1S/C24H18ClFN4O6/c1-34-22-4-2-3-5-23(22)36-18-11-15(10-16(12-18)30(32)33)27-24(31)21-8-9-29(28-21)14-35-17-6-7-20(26)19(25)13-17/h2-13H,14H2,1H3,(H,27,31). The first-order valence-electron chi connectivity index (χ1n) is 10.4. The number of hydrogen-bond donors (Lipinski definition) is 1. The minimum Gasteiger partial charge on any atom is -0.493 e. The third-order valence-corrected chi connectivity index (χ3v) is 5.07. The van der Waals surface area contributed by atoms with E-state index in [1.165, 1.54) is 60.5 Å². The molecule has 1 aromatic heterocycles. The van der Waals surface area contributed by atoms with Crippen LogP contribution in [-0.2, 0) is 6.73 Å². The predicted molar refractivity (Wildman–Crippen MR) is 128 cm³/mol. The monoisotopic (exact) mass is 512 g/mol. The molecule has 1 amide bonds. The molecule has 10 nitrogen and oxygen atoms in total. The van der Waals surface area contributed by atoms with Crippen LogP contribution in [0.1, 0.15) is 10.5 Å². The van der Waals surface area contributed by atoms with Crippen molar-refractivity contribution in [3.8, 4) is 23.0 Å². The Morgan fingerprint density at radius 2 is 1.89 bits per heavy atom. The van der Waals surface area contributed by atoms with Crippen molar-refractivity contribution in [1.82, 2.24) is 9.78 Å². The summed E-state index contributed by atoms with van der Waals surface area (Å²) in [7, 11) is 1.47. The van der Waals surface area contributed by atoms with Crippen LogP contribution >= 0.6 is 11.6 Å². The van der Waals surface area contributed by atoms with Crippen LogP contribution in [-0.4, -0.2) is 27.7 Å². The average molecular weight is 513 g/mol. The number of halogens is 2. The highest BCUT2D eigenvalue weighted by atomic mass is 35.5. The minimum absolute atomic E-state index is 0.0365. The quantitative estimate of drug-likeness (QED) is 0.226. The van der Waals surface area contributed by atoms with Gasteiger partial charge in [-0.1, -0.05) is 23.7 Å². The van der Waals surface area contributed by atoms with Gasteiger partial charge in [-0.2, -0.15) is 5.10 Å². The van der Waals surface area contributed by atoms with E-state index >= 15 is 0 Å². The van der Waals surface area contributed by atoms with Gasteiger partial charge < -0.3 is 19.5 Å². The third-order valence-electron chi connectivity index (χ3n) is 4.78. The molecule has 4 aromatic rings. The van der Waals surface area contributed by atoms with Gasteiger partial charge in [-0.15, -0.1) is 0 Å². The maximum Gasteiger partial charge on any atom is 0.276 e. The van der Waals surface area contributed by atoms with Gasteiger partial charge in [0, 0.05) is 24.4 Å². The Morgan fingerprint density at radius 3 is 2.61 bits per heavy atom. The number of carbonyl (C=O) groups excluding carboxylic acids is 1. The highest BCUT2D eigenvalue weighted by molar-refractivity contribution is 6.30. The van der Waals surface area contributed by atoms with E-state index in [1.807, 2.05) is 0 Å². The molecule has 1 heterocycles. The molecule has 0 radical (unpaired) electrons. The van der Waals surface area contributed by atoms with Crippen molar-refractivity contribution in [2.45, 2.75) is 6.73 Å². The number of carbonyl (C=O) groups is 1. The van der Waals surface area contributed by atoms with Gasteiger partial charge in [-0.25, -0.2) is 9.07 Å². The Hall–Kier alpha value is -4.64. The molecule has 4 rings (SSSR count). The van der Waals surface area contributed by atoms with E-state index in [2.05, 4.69) is 10.4 Å². The van der Waals surface area contributed by atoms with Crippen LogP contribution < -0.4 is 19.5 Å². The lowest BCUT2D eigenvalue weighted by atomic mass is 10.2. The minimum atomic E-state index is -0.609. The topological polar surface area (TPSA) is 118 Å². The summed E-state index contributed by atoms with van der Waals surface area (Å²) in [5.74, 6) is 0.0502. The van der Waals surface area contributed by atoms with Crippen molar-refractivity contribution in [1.29, 1.82) is 0 Å². The number of nitrogens with one attached hydrogen (secondary N) is 1. The van der Waals surface area contributed by atoms with Crippen LogP contribution in [0.15, 0.2) is 72.9 Å². The lowest BCUT2D eigenvalue weighted by Crippen LogP contribution is -2.14. The number of benzene rings is 3. The van der Waals surface area contributed by atoms with Gasteiger partial charge in [-0.3, -0.25) is 14.9 Å². The van der Waals surface area contributed by atoms with Gasteiger partial charge in [-0.05, 0) is 30.3 Å². The van der Waals surface area contributed by atoms with E-state index in [0.717, 1.165) is 0 Å². The summed E-state index contributed by atoms with van der Waals surface area (Å²) in [5, 5.41) is 18.0. The number of non-ortho nitro benzene ring substituents is 1. The Kier molecular flexibility index (Phi) is 7.31. The summed E-state index contributed by atoms with van der Waals surface area (Å²) in [6.45, 7) is -0.0665. The van der Waals surface area contributed by atoms with Gasteiger partial charge >= 0.3 is 0 Å². The molecule has 36 heavy (non-hydrogen) atoms. The van der Waals surface area contributed by atoms with Crippen LogP contribution in [0.3, 0.4) is 0 Å². The number of anilines is 1. The molecular weight excluding hydrogens is 495 g/mol. The Morgan fingerprint density at radius 1 is 1.11 bits per heavy atom. The number of nitro groups is 1. The Balaban J connectivity index is 1.47. The molecule has 0 fully saturated rings. The molecule has 0 saturated heterocycles. The van der Waals surface area contributed by atoms with Crippen molar-refractivity contribution < 1.29 is 28.3 Å². The van der Waals surface area contributed by atoms with E-state index < -0.39 is 16.6 Å². The van der Waals surface area contributed by atoms with Gasteiger partial charge in [0.1, 0.15) is 17.3 Å². The molecule has 0 saturated carbocycles. The molecule has 0 bridgehead atoms. The van der Waals surface area contributed by atoms with Crippen LogP contribution in [0.5, 0.6) is 23.0 Å². The summed E-state index contributed by atoms with van der Waals surface area (Å²) in [6.07, 6.45) is 1.50. The molecule has 0 aliphatic carbocycles. The molecule has 12 heteroatoms. The SMILES string of the molecule is COc1ccccc1Oc1cc(NC(=O)c2ccn(COc3ccc(F)c(Cl)c3)n2)cc([N+](=O)[O-])c1. The fourth-order valence-corrected chi connectivity index (χ4v) is 3.28. The number of nitro benzene ring substituents is 1. The Bertz CT molecular complexity index is 1430. The van der Waals surface area contributed by atoms with E-state index in [4.69, 9.17) is 25.8 Å². The van der Waals surface area contributed by atoms with E-state index in [-0.39, 0.29) is 34.6 Å². The zero-order chi connectivity index (χ0) is 25.7. The van der Waals surface area contributed by atoms with E-state index in [9.17, 15) is 19.3 Å². The summed E-state index contributed by atoms with van der Waals surface area (Å²) in [6, 6.07) is 16.0. The fraction of sp³-hybridized carbons (Fsp3) is 0.0833. The maximum atomic E-state index is 13.3. The first-order chi connectivity index (χ1) is 17.3. The molecule has 0 aliphatic rings. The maximum absolute atomic E-state index is 13.3. The molecule has 0 atom stereocenters. The number of aromatic nitrogens is 2. The number of hydrogen-bond acceptors (Lipinski definition) is 7. The number of amides is 1. The number of ether oxygens (including phenoxy) is 3. The first-order valence-corrected chi connectivity index (χ1v) is 10.7. The largest absolute Gasteiger partial charge is 0.493 e. The van der Waals surface area contributed by atoms with Crippen LogP contribution in [0.2, 0.25) is 5.02 Å². The lowest BCUT2D eigenvalue weighted by molar-refractivity contribution is -0.384. The van der Waals surface area contributed by atoms with Gasteiger partial charge in [0.2, 0.25) is 0 Å². The zero-order valence-electron chi connectivity index (χ0n) is 18.7. The van der Waals surface area contributed by atoms with Gasteiger partial charge in [0.25, 0.3) is 11.6 Å². The smallest absolute Gasteiger partial charge is 0.276 e. The van der Waals surface area contributed by atoms with Crippen molar-refractivity contribution >= 4 is 28.9 Å². The molecule has 0 aliphatic heterocycles. The fourth-order valence-electron chi connectivity index (χ4n) is 3.11. The Labute approximate surface area is 208 Å². The summed E-state index contributed by atoms with van der Waals surface area (Å²) in [4.78, 5) is 23.5. The average Bonchev–Trinajstić information content (AvgIpc) is 3.34. The molecule has 3 aromatic carbocycles. The van der Waals surface area contributed by atoms with Crippen molar-refractivity contribution in [3.05, 3.63) is 99.6 Å². The third kappa shape index (κ3) is 5.88. The highest BCUT2D eigenvalue weighted by Gasteiger charge is 2.16. The van der Waals surface area contributed by atoms with Crippen LogP contribution in [0.4, 0.5) is 15.8 Å². The van der Waals surface area contributed by atoms with E-state index in [1.54, 1.807) is 24.3 Å². The highest BCUT2D eigenvalue weighted by Crippen LogP contribution is 2.34.